The molecule has 0 bridgehead atoms. The lowest BCUT2D eigenvalue weighted by atomic mass is 9.95. The van der Waals surface area contributed by atoms with Gasteiger partial charge >= 0.3 is 0 Å². The van der Waals surface area contributed by atoms with E-state index in [1.807, 2.05) is 19.9 Å². The van der Waals surface area contributed by atoms with Crippen LogP contribution in [0, 0.1) is 98.9 Å². The number of hydrogen-bond donors (Lipinski definition) is 2. The van der Waals surface area contributed by atoms with Gasteiger partial charge in [0.2, 0.25) is 17.6 Å². The van der Waals surface area contributed by atoms with Crippen molar-refractivity contribution < 1.29 is 93.6 Å². The minimum Gasteiger partial charge on any atom is -0.436 e. The number of carbonyl (C=O) groups excluding carboxylic acids is 1. The summed E-state index contributed by atoms with van der Waals surface area (Å²) in [4.78, 5) is 74.8. The molecule has 39 heteroatoms. The number of rotatable bonds is 19. The Morgan fingerprint density at radius 2 is 0.644 bits per heavy atom. The first kappa shape index (κ1) is 101. The molecule has 0 aliphatic heterocycles. The summed E-state index contributed by atoms with van der Waals surface area (Å²) in [6.45, 7) is 4.50. The van der Waals surface area contributed by atoms with Crippen molar-refractivity contribution in [3.05, 3.63) is 481 Å². The summed E-state index contributed by atoms with van der Waals surface area (Å²) in [5.41, 5.74) is -0.665. The van der Waals surface area contributed by atoms with Gasteiger partial charge in [0.25, 0.3) is 5.91 Å². The minimum atomic E-state index is -0.920. The summed E-state index contributed by atoms with van der Waals surface area (Å²) in [6, 6.07) is 54.7. The lowest BCUT2D eigenvalue weighted by Gasteiger charge is -2.14. The van der Waals surface area contributed by atoms with Crippen LogP contribution in [0.4, 0.5) is 86.1 Å². The van der Waals surface area contributed by atoms with Gasteiger partial charge in [0.1, 0.15) is 93.0 Å². The average molecular weight is 2020 g/mol. The molecule has 0 unspecified atom stereocenters. The molecule has 0 saturated heterocycles. The molecular formula is C107H66ClF17N12O9. The van der Waals surface area contributed by atoms with Crippen molar-refractivity contribution in [2.75, 3.05) is 11.9 Å². The molecule has 146 heavy (non-hydrogen) atoms. The number of carbonyl (C=O) groups is 1. The Morgan fingerprint density at radius 1 is 0.308 bits per heavy atom. The quantitative estimate of drug-likeness (QED) is 0.0716. The summed E-state index contributed by atoms with van der Waals surface area (Å²) >= 11 is 5.93. The van der Waals surface area contributed by atoms with Gasteiger partial charge in [-0.2, -0.15) is 10.2 Å². The number of pyridine rings is 5. The molecule has 2 N–H and O–H groups in total. The lowest BCUT2D eigenvalue weighted by Crippen LogP contribution is -2.24. The normalized spacial score (nSPS) is 11.0. The van der Waals surface area contributed by atoms with Gasteiger partial charge in [0, 0.05) is 122 Å². The van der Waals surface area contributed by atoms with Crippen molar-refractivity contribution in [3.63, 3.8) is 0 Å². The summed E-state index contributed by atoms with van der Waals surface area (Å²) < 4.78 is 257. The molecule has 10 aromatic carbocycles. The van der Waals surface area contributed by atoms with E-state index in [1.54, 1.807) is 18.2 Å². The van der Waals surface area contributed by atoms with Crippen LogP contribution in [0.1, 0.15) is 47.4 Å². The van der Waals surface area contributed by atoms with Crippen molar-refractivity contribution in [3.8, 4) is 90.5 Å². The predicted molar refractivity (Wildman–Crippen MR) is 509 cm³/mol. The van der Waals surface area contributed by atoms with Crippen molar-refractivity contribution in [2.24, 2.45) is 0 Å². The fourth-order valence-electron chi connectivity index (χ4n) is 15.2. The largest absolute Gasteiger partial charge is 0.436 e. The number of amides is 1. The second-order valence-electron chi connectivity index (χ2n) is 31.5. The molecule has 734 valence electrons. The molecule has 21 nitrogen and oxygen atoms in total. The Hall–Kier alpha value is -18.2. The number of ether oxygens (including phenoxy) is 3. The molecule has 20 rings (SSSR count). The van der Waals surface area contributed by atoms with E-state index in [2.05, 4.69) is 36.1 Å². The number of aryl methyl sites for hydroxylation is 1. The van der Waals surface area contributed by atoms with Gasteiger partial charge in [-0.3, -0.25) is 28.8 Å². The van der Waals surface area contributed by atoms with Crippen LogP contribution in [0.5, 0.6) is 34.9 Å². The molecule has 10 heterocycles. The molecule has 1 amide bonds. The number of benzene rings is 10. The number of nitrogens with zero attached hydrogens (tertiary/aromatic N) is 10. The number of halogens is 18. The smallest absolute Gasteiger partial charge is 0.251 e. The number of fused-ring (bicyclic) bond motifs is 5. The van der Waals surface area contributed by atoms with E-state index in [0.29, 0.717) is 46.9 Å². The monoisotopic (exact) mass is 2020 g/mol. The van der Waals surface area contributed by atoms with Crippen LogP contribution >= 0.6 is 11.6 Å². The molecule has 0 fully saturated rings. The average Bonchev–Trinajstić information content (AvgIpc) is 0.781. The summed E-state index contributed by atoms with van der Waals surface area (Å²) in [6.07, 6.45) is 8.36. The Balaban J connectivity index is 0.000000131. The molecule has 0 saturated carbocycles. The minimum absolute atomic E-state index is 0.00494. The highest BCUT2D eigenvalue weighted by Gasteiger charge is 2.26. The van der Waals surface area contributed by atoms with E-state index in [1.165, 1.54) is 169 Å². The topological polar surface area (TPSA) is 241 Å². The van der Waals surface area contributed by atoms with Gasteiger partial charge in [-0.1, -0.05) is 61.8 Å². The van der Waals surface area contributed by atoms with E-state index in [9.17, 15) is 103 Å². The van der Waals surface area contributed by atoms with Crippen LogP contribution in [0.25, 0.3) is 83.2 Å². The number of hydrogen-bond acceptors (Lipinski definition) is 15. The van der Waals surface area contributed by atoms with Crippen molar-refractivity contribution in [1.82, 2.24) is 53.4 Å². The maximum absolute atomic E-state index is 14.2. The van der Waals surface area contributed by atoms with Gasteiger partial charge < -0.3 is 24.8 Å². The van der Waals surface area contributed by atoms with Gasteiger partial charge in [-0.05, 0) is 193 Å². The molecule has 0 radical (unpaired) electrons. The summed E-state index contributed by atoms with van der Waals surface area (Å²) in [5.74, 6) is -13.8. The lowest BCUT2D eigenvalue weighted by molar-refractivity contribution is 0.0953. The third kappa shape index (κ3) is 22.4. The zero-order valence-corrected chi connectivity index (χ0v) is 75.9. The van der Waals surface area contributed by atoms with Crippen LogP contribution in [0.2, 0.25) is 5.02 Å². The molecule has 10 aromatic heterocycles. The van der Waals surface area contributed by atoms with Crippen LogP contribution in [-0.4, -0.2) is 60.5 Å². The fourth-order valence-corrected chi connectivity index (χ4v) is 15.4. The van der Waals surface area contributed by atoms with E-state index in [4.69, 9.17) is 25.8 Å². The van der Waals surface area contributed by atoms with Crippen molar-refractivity contribution in [2.45, 2.75) is 33.1 Å². The predicted octanol–water partition coefficient (Wildman–Crippen LogP) is 24.2. The Bertz CT molecular complexity index is 7990. The van der Waals surface area contributed by atoms with Crippen molar-refractivity contribution in [1.29, 1.82) is 0 Å². The molecular weight excluding hydrogens is 1960 g/mol. The molecule has 0 spiro atoms. The van der Waals surface area contributed by atoms with Crippen LogP contribution in [0.15, 0.2) is 328 Å². The second kappa shape index (κ2) is 43.9. The van der Waals surface area contributed by atoms with E-state index in [-0.39, 0.29) is 119 Å². The number of nitrogens with one attached hydrogen (secondary N) is 2. The molecule has 20 aromatic rings. The maximum Gasteiger partial charge on any atom is 0.251 e. The SMILES string of the molecule is CCCNC(=O)c1ccc(CC)c(-c2c(=O)ccn3nc(Oc4ccc(F)cc4F)ccc23)c1.O=c1ccn2nc(Cc3ccc(F)cc3F)ccc2c1-c1c(F)cccc1F.O=c1ccn2nc(Nc3ccc(F)cc3F)ccc2c1-c1c(F)cccc1F.O=c1ccn2nc(Oc3ccc(F)cc3Cl)ccc2c1-c1c(F)cccc1F.O=c1ccn2nc(Oc3ccc(F)cc3F)ccc2c1-c1c(F)cccc1F. The highest BCUT2D eigenvalue weighted by molar-refractivity contribution is 6.32. The van der Waals surface area contributed by atoms with Crippen LogP contribution in [0.3, 0.4) is 0 Å². The van der Waals surface area contributed by atoms with Crippen LogP contribution in [-0.2, 0) is 12.8 Å². The van der Waals surface area contributed by atoms with Crippen molar-refractivity contribution >= 4 is 56.6 Å². The van der Waals surface area contributed by atoms with Crippen LogP contribution < -0.4 is 52.0 Å². The molecule has 0 aliphatic rings. The first-order valence-electron chi connectivity index (χ1n) is 43.5. The Morgan fingerprint density at radius 3 is 1.03 bits per heavy atom. The van der Waals surface area contributed by atoms with E-state index in [0.717, 1.165) is 139 Å². The molecule has 0 atom stereocenters. The van der Waals surface area contributed by atoms with E-state index >= 15 is 0 Å². The summed E-state index contributed by atoms with van der Waals surface area (Å²) in [5, 5.41) is 26.6. The van der Waals surface area contributed by atoms with E-state index < -0.39 is 143 Å². The fraction of sp³-hybridized carbons (Fsp3) is 0.0561. The second-order valence-corrected chi connectivity index (χ2v) is 31.9. The van der Waals surface area contributed by atoms with Gasteiger partial charge in [0.15, 0.2) is 56.1 Å². The first-order chi connectivity index (χ1) is 70.1. The number of anilines is 2. The highest BCUT2D eigenvalue weighted by Crippen LogP contribution is 2.38. The zero-order valence-electron chi connectivity index (χ0n) is 75.1. The van der Waals surface area contributed by atoms with Gasteiger partial charge in [-0.15, -0.1) is 15.3 Å². The molecule has 0 aliphatic carbocycles. The zero-order chi connectivity index (χ0) is 104. The third-order valence-electron chi connectivity index (χ3n) is 22.0. The maximum atomic E-state index is 14.2. The Kier molecular flexibility index (Phi) is 30.3. The standard InChI is InChI=1S/C26H23F2N3O3.C21H12F4N2O.C20H10ClF3N2O2.C20H11F4N3O.C20H10F4N2O2/c1-3-12-29-26(33)17-6-5-16(4-2)19(14-17)25-21-8-10-24(30-31(21)13-11-22(25)32)34-23-9-7-18(27)15-20(23)28;22-13-5-4-12(17(25)11-13)10-14-6-7-18-21(19(28)8-9-27(18)26-14)20-15(23)2-1-3-16(20)24;21-12-10-11(22)4-6-17(12)28-18-7-5-15-20(16(27)8-9-26(15)25-18)19-13(23)2-1-3-14(19)24;21-11-4-5-15(14(24)10-11)25-18-7-6-16-20(17(28)8-9-27(16)26-18)19-12(22)2-1-3-13(19)23;21-11-4-6-17(14(24)10-11)28-18-7-5-15-20(16(27)8-9-26(15)25-18)19-12(22)2-1-3-13(19)23/h5-11,13-15H,3-4,12H2,1-2H3,(H,29,33);1-9,11H,10H2;1-10H;1-10H,(H,25,26);1-10H. The highest BCUT2D eigenvalue weighted by atomic mass is 35.5. The first-order valence-corrected chi connectivity index (χ1v) is 43.9. The van der Waals surface area contributed by atoms with Gasteiger partial charge in [0.05, 0.1) is 94.1 Å². The van der Waals surface area contributed by atoms with Gasteiger partial charge in [-0.25, -0.2) is 97.2 Å². The summed E-state index contributed by atoms with van der Waals surface area (Å²) in [7, 11) is 0. The number of aromatic nitrogens is 10. The Labute approximate surface area is 816 Å². The third-order valence-corrected chi connectivity index (χ3v) is 22.2.